The monoisotopic (exact) mass is 187 g/mol. The summed E-state index contributed by atoms with van der Waals surface area (Å²) in [4.78, 5) is 0. The molecule has 66 valence electrons. The van der Waals surface area contributed by atoms with Crippen molar-refractivity contribution in [3.63, 3.8) is 0 Å². The number of halogens is 3. The molecular weight excluding hydrogens is 179 g/mol. The normalized spacial score (nSPS) is 24.7. The summed E-state index contributed by atoms with van der Waals surface area (Å²) in [6, 6.07) is 0. The molecule has 1 aliphatic carbocycles. The van der Waals surface area contributed by atoms with Crippen LogP contribution in [-0.2, 0) is 11.0 Å². The van der Waals surface area contributed by atoms with E-state index >= 15 is 0 Å². The van der Waals surface area contributed by atoms with Gasteiger partial charge in [0.15, 0.2) is 0 Å². The average molecular weight is 187 g/mol. The van der Waals surface area contributed by atoms with E-state index in [9.17, 15) is 17.4 Å². The third-order valence-electron chi connectivity index (χ3n) is 1.87. The number of rotatable bonds is 2. The maximum Gasteiger partial charge on any atom is 0.395 e. The van der Waals surface area contributed by atoms with E-state index in [1.54, 1.807) is 0 Å². The lowest BCUT2D eigenvalue weighted by Crippen LogP contribution is -2.31. The van der Waals surface area contributed by atoms with Crippen LogP contribution in [0, 0.1) is 5.41 Å². The number of hydrogen-bond acceptors (Lipinski definition) is 1. The Labute approximate surface area is 64.5 Å². The first-order chi connectivity index (χ1) is 4.87. The van der Waals surface area contributed by atoms with Gasteiger partial charge in [0.1, 0.15) is 0 Å². The van der Waals surface area contributed by atoms with Crippen LogP contribution in [0.15, 0.2) is 0 Å². The molecule has 0 aliphatic heterocycles. The Morgan fingerprint density at radius 2 is 1.91 bits per heavy atom. The Hall–Kier alpha value is -0.100. The summed E-state index contributed by atoms with van der Waals surface area (Å²) in [5.41, 5.74) is -1.72. The molecule has 11 heavy (non-hydrogen) atoms. The zero-order valence-electron chi connectivity index (χ0n) is 5.65. The van der Waals surface area contributed by atoms with Gasteiger partial charge < -0.3 is 0 Å². The SMILES string of the molecule is NS(=O)CC1(C(F)(F)F)CC1. The van der Waals surface area contributed by atoms with Gasteiger partial charge in [-0.1, -0.05) is 0 Å². The van der Waals surface area contributed by atoms with Crippen LogP contribution in [0.3, 0.4) is 0 Å². The van der Waals surface area contributed by atoms with Gasteiger partial charge >= 0.3 is 6.18 Å². The van der Waals surface area contributed by atoms with Crippen LogP contribution in [-0.4, -0.2) is 16.1 Å². The van der Waals surface area contributed by atoms with Crippen molar-refractivity contribution in [3.8, 4) is 0 Å². The predicted octanol–water partition coefficient (Wildman–Crippen LogP) is 0.951. The maximum atomic E-state index is 12.1. The van der Waals surface area contributed by atoms with Crippen LogP contribution in [0.4, 0.5) is 13.2 Å². The fraction of sp³-hybridized carbons (Fsp3) is 1.00. The van der Waals surface area contributed by atoms with Gasteiger partial charge in [0.05, 0.1) is 22.2 Å². The average Bonchev–Trinajstić information content (AvgIpc) is 2.42. The summed E-state index contributed by atoms with van der Waals surface area (Å²) >= 11 is 0. The van der Waals surface area contributed by atoms with E-state index in [1.807, 2.05) is 0 Å². The molecule has 1 saturated carbocycles. The summed E-state index contributed by atoms with van der Waals surface area (Å²) in [5, 5.41) is 4.79. The molecule has 1 rings (SSSR count). The second kappa shape index (κ2) is 2.45. The largest absolute Gasteiger partial charge is 0.395 e. The molecule has 0 aromatic rings. The quantitative estimate of drug-likeness (QED) is 0.687. The summed E-state index contributed by atoms with van der Waals surface area (Å²) < 4.78 is 46.5. The van der Waals surface area contributed by atoms with Crippen molar-refractivity contribution >= 4 is 11.0 Å². The summed E-state index contributed by atoms with van der Waals surface area (Å²) in [6.07, 6.45) is -4.10. The van der Waals surface area contributed by atoms with E-state index in [0.717, 1.165) is 0 Å². The lowest BCUT2D eigenvalue weighted by molar-refractivity contribution is -0.179. The van der Waals surface area contributed by atoms with Crippen LogP contribution in [0.25, 0.3) is 0 Å². The summed E-state index contributed by atoms with van der Waals surface area (Å²) in [7, 11) is -1.84. The highest BCUT2D eigenvalue weighted by molar-refractivity contribution is 7.82. The van der Waals surface area contributed by atoms with Crippen molar-refractivity contribution < 1.29 is 17.4 Å². The van der Waals surface area contributed by atoms with Crippen molar-refractivity contribution in [1.29, 1.82) is 0 Å². The highest BCUT2D eigenvalue weighted by Gasteiger charge is 2.63. The third-order valence-corrected chi connectivity index (χ3v) is 2.71. The van der Waals surface area contributed by atoms with Crippen LogP contribution in [0.1, 0.15) is 12.8 Å². The molecular formula is C5H8F3NOS. The van der Waals surface area contributed by atoms with Gasteiger partial charge in [-0.3, -0.25) is 5.14 Å². The minimum absolute atomic E-state index is 0.0689. The molecule has 1 aliphatic rings. The minimum atomic E-state index is -4.23. The van der Waals surface area contributed by atoms with Crippen molar-refractivity contribution in [3.05, 3.63) is 0 Å². The Balaban J connectivity index is 2.61. The van der Waals surface area contributed by atoms with Crippen molar-refractivity contribution in [2.45, 2.75) is 19.0 Å². The number of nitrogens with two attached hydrogens (primary N) is 1. The fourth-order valence-electron chi connectivity index (χ4n) is 0.933. The molecule has 2 N–H and O–H groups in total. The zero-order valence-corrected chi connectivity index (χ0v) is 6.47. The van der Waals surface area contributed by atoms with E-state index < -0.39 is 28.3 Å². The number of hydrogen-bond donors (Lipinski definition) is 1. The van der Waals surface area contributed by atoms with Gasteiger partial charge in [-0.25, -0.2) is 4.21 Å². The molecule has 0 aromatic heterocycles. The smallest absolute Gasteiger partial charge is 0.252 e. The summed E-state index contributed by atoms with van der Waals surface area (Å²) in [5.74, 6) is -0.448. The first kappa shape index (κ1) is 8.99. The molecule has 0 amide bonds. The third kappa shape index (κ3) is 1.73. The molecule has 0 aromatic carbocycles. The molecule has 0 radical (unpaired) electrons. The topological polar surface area (TPSA) is 43.1 Å². The molecule has 1 atom stereocenters. The Kier molecular flexibility index (Phi) is 2.00. The Bertz CT molecular complexity index is 187. The van der Waals surface area contributed by atoms with Crippen LogP contribution >= 0.6 is 0 Å². The first-order valence-corrected chi connectivity index (χ1v) is 4.45. The van der Waals surface area contributed by atoms with Gasteiger partial charge in [0, 0.05) is 0 Å². The zero-order chi connectivity index (χ0) is 8.70. The first-order valence-electron chi connectivity index (χ1n) is 3.07. The van der Waals surface area contributed by atoms with E-state index in [2.05, 4.69) is 0 Å². The maximum absolute atomic E-state index is 12.1. The molecule has 6 heteroatoms. The predicted molar refractivity (Wildman–Crippen MR) is 34.9 cm³/mol. The minimum Gasteiger partial charge on any atom is -0.252 e. The molecule has 1 fully saturated rings. The second-order valence-corrected chi connectivity index (χ2v) is 3.85. The van der Waals surface area contributed by atoms with Gasteiger partial charge in [0.2, 0.25) is 0 Å². The Morgan fingerprint density at radius 1 is 1.45 bits per heavy atom. The van der Waals surface area contributed by atoms with Gasteiger partial charge in [-0.05, 0) is 12.8 Å². The molecule has 0 heterocycles. The van der Waals surface area contributed by atoms with Crippen LogP contribution in [0.2, 0.25) is 0 Å². The Morgan fingerprint density at radius 3 is 2.00 bits per heavy atom. The lowest BCUT2D eigenvalue weighted by atomic mass is 10.1. The molecule has 2 nitrogen and oxygen atoms in total. The molecule has 0 spiro atoms. The van der Waals surface area contributed by atoms with Crippen molar-refractivity contribution in [1.82, 2.24) is 0 Å². The molecule has 0 bridgehead atoms. The van der Waals surface area contributed by atoms with E-state index in [-0.39, 0.29) is 12.8 Å². The standard InChI is InChI=1S/C5H8F3NOS/c6-5(7,8)4(1-2-4)3-11(9)10/h1-3,9H2. The number of alkyl halides is 3. The second-order valence-electron chi connectivity index (χ2n) is 2.80. The van der Waals surface area contributed by atoms with Crippen molar-refractivity contribution in [2.24, 2.45) is 10.6 Å². The van der Waals surface area contributed by atoms with Crippen LogP contribution < -0.4 is 5.14 Å². The summed E-state index contributed by atoms with van der Waals surface area (Å²) in [6.45, 7) is 0. The van der Waals surface area contributed by atoms with Gasteiger partial charge in [-0.15, -0.1) is 0 Å². The molecule has 0 saturated heterocycles. The lowest BCUT2D eigenvalue weighted by Gasteiger charge is -2.16. The fourth-order valence-corrected chi connectivity index (χ4v) is 1.93. The van der Waals surface area contributed by atoms with E-state index in [0.29, 0.717) is 0 Å². The van der Waals surface area contributed by atoms with Gasteiger partial charge in [0.25, 0.3) is 0 Å². The molecule has 1 unspecified atom stereocenters. The van der Waals surface area contributed by atoms with Crippen LogP contribution in [0.5, 0.6) is 0 Å². The van der Waals surface area contributed by atoms with E-state index in [1.165, 1.54) is 0 Å². The highest BCUT2D eigenvalue weighted by Crippen LogP contribution is 2.57. The van der Waals surface area contributed by atoms with Crippen molar-refractivity contribution in [2.75, 3.05) is 5.75 Å². The van der Waals surface area contributed by atoms with E-state index in [4.69, 9.17) is 5.14 Å². The van der Waals surface area contributed by atoms with Gasteiger partial charge in [-0.2, -0.15) is 13.2 Å². The highest BCUT2D eigenvalue weighted by atomic mass is 32.2.